The lowest BCUT2D eigenvalue weighted by atomic mass is 10.2. The number of nitrogens with zero attached hydrogens (tertiary/aromatic N) is 4. The van der Waals surface area contributed by atoms with Crippen molar-refractivity contribution in [2.45, 2.75) is 52.2 Å². The van der Waals surface area contributed by atoms with Crippen molar-refractivity contribution in [3.63, 3.8) is 0 Å². The van der Waals surface area contributed by atoms with E-state index in [-0.39, 0.29) is 0 Å². The molecule has 0 amide bonds. The number of rotatable bonds is 4. The van der Waals surface area contributed by atoms with Gasteiger partial charge in [0, 0.05) is 36.6 Å². The molecular formula is C16H25N5. The van der Waals surface area contributed by atoms with Crippen molar-refractivity contribution in [1.29, 1.82) is 0 Å². The molecule has 2 aromatic rings. The fraction of sp³-hybridized carbons (Fsp3) is 0.625. The Labute approximate surface area is 126 Å². The Bertz CT molecular complexity index is 616. The SMILES string of the molecule is CC(C)N1CCC(Nc2cnc3c(cnn3C(C)C)c2)C1. The minimum absolute atomic E-state index is 0.336. The number of hydrogen-bond donors (Lipinski definition) is 1. The first-order valence-corrected chi connectivity index (χ1v) is 7.88. The van der Waals surface area contributed by atoms with Crippen LogP contribution in [-0.2, 0) is 0 Å². The van der Waals surface area contributed by atoms with Crippen molar-refractivity contribution in [3.05, 3.63) is 18.5 Å². The number of fused-ring (bicyclic) bond motifs is 1. The minimum atomic E-state index is 0.336. The molecule has 1 fully saturated rings. The Morgan fingerprint density at radius 1 is 1.19 bits per heavy atom. The number of nitrogens with one attached hydrogen (secondary N) is 1. The summed E-state index contributed by atoms with van der Waals surface area (Å²) < 4.78 is 1.97. The molecule has 0 saturated carbocycles. The van der Waals surface area contributed by atoms with Crippen LogP contribution in [0.5, 0.6) is 0 Å². The number of likely N-dealkylation sites (tertiary alicyclic amines) is 1. The van der Waals surface area contributed by atoms with Gasteiger partial charge < -0.3 is 5.32 Å². The number of anilines is 1. The topological polar surface area (TPSA) is 46.0 Å². The van der Waals surface area contributed by atoms with Crippen LogP contribution in [0.4, 0.5) is 5.69 Å². The predicted octanol–water partition coefficient (Wildman–Crippen LogP) is 2.91. The number of pyridine rings is 1. The van der Waals surface area contributed by atoms with Crippen LogP contribution in [0, 0.1) is 0 Å². The average molecular weight is 287 g/mol. The molecule has 1 atom stereocenters. The van der Waals surface area contributed by atoms with Crippen LogP contribution < -0.4 is 5.32 Å². The lowest BCUT2D eigenvalue weighted by Gasteiger charge is -2.20. The molecule has 1 saturated heterocycles. The van der Waals surface area contributed by atoms with E-state index >= 15 is 0 Å². The van der Waals surface area contributed by atoms with Crippen molar-refractivity contribution < 1.29 is 0 Å². The molecule has 0 radical (unpaired) electrons. The first-order valence-electron chi connectivity index (χ1n) is 7.88. The maximum Gasteiger partial charge on any atom is 0.158 e. The van der Waals surface area contributed by atoms with Gasteiger partial charge in [-0.2, -0.15) is 5.10 Å². The molecule has 21 heavy (non-hydrogen) atoms. The highest BCUT2D eigenvalue weighted by molar-refractivity contribution is 5.78. The summed E-state index contributed by atoms with van der Waals surface area (Å²) in [5.74, 6) is 0. The van der Waals surface area contributed by atoms with E-state index in [0.29, 0.717) is 18.1 Å². The summed E-state index contributed by atoms with van der Waals surface area (Å²) in [7, 11) is 0. The Hall–Kier alpha value is -1.62. The van der Waals surface area contributed by atoms with E-state index in [1.807, 2.05) is 17.1 Å². The standard InChI is InChI=1S/C16H25N5/c1-11(2)20-6-5-14(10-20)19-15-7-13-8-18-21(12(3)4)16(13)17-9-15/h7-9,11-12,14,19H,5-6,10H2,1-4H3. The van der Waals surface area contributed by atoms with Crippen LogP contribution in [0.2, 0.25) is 0 Å². The third-order valence-corrected chi connectivity index (χ3v) is 4.24. The smallest absolute Gasteiger partial charge is 0.158 e. The van der Waals surface area contributed by atoms with Gasteiger partial charge >= 0.3 is 0 Å². The van der Waals surface area contributed by atoms with E-state index < -0.39 is 0 Å². The molecule has 1 aliphatic rings. The number of hydrogen-bond acceptors (Lipinski definition) is 4. The van der Waals surface area contributed by atoms with Gasteiger partial charge in [-0.1, -0.05) is 0 Å². The van der Waals surface area contributed by atoms with Gasteiger partial charge in [0.25, 0.3) is 0 Å². The van der Waals surface area contributed by atoms with Gasteiger partial charge in [0.2, 0.25) is 0 Å². The molecule has 114 valence electrons. The van der Waals surface area contributed by atoms with Gasteiger partial charge in [0.15, 0.2) is 5.65 Å². The fourth-order valence-corrected chi connectivity index (χ4v) is 3.01. The maximum atomic E-state index is 4.58. The van der Waals surface area contributed by atoms with Gasteiger partial charge in [-0.15, -0.1) is 0 Å². The van der Waals surface area contributed by atoms with E-state index in [2.05, 4.69) is 54.1 Å². The van der Waals surface area contributed by atoms with Gasteiger partial charge in [-0.05, 0) is 40.2 Å². The van der Waals surface area contributed by atoms with E-state index in [1.165, 1.54) is 13.0 Å². The molecule has 3 rings (SSSR count). The number of aromatic nitrogens is 3. The monoisotopic (exact) mass is 287 g/mol. The van der Waals surface area contributed by atoms with Gasteiger partial charge in [0.05, 0.1) is 18.1 Å². The second kappa shape index (κ2) is 5.64. The van der Waals surface area contributed by atoms with Crippen molar-refractivity contribution in [2.75, 3.05) is 18.4 Å². The second-order valence-corrected chi connectivity index (χ2v) is 6.54. The highest BCUT2D eigenvalue weighted by atomic mass is 15.3. The van der Waals surface area contributed by atoms with Gasteiger partial charge in [0.1, 0.15) is 0 Å². The molecule has 0 aliphatic carbocycles. The Morgan fingerprint density at radius 3 is 2.67 bits per heavy atom. The highest BCUT2D eigenvalue weighted by Gasteiger charge is 2.24. The molecule has 0 spiro atoms. The molecule has 2 aromatic heterocycles. The average Bonchev–Trinajstić information content (AvgIpc) is 3.04. The summed E-state index contributed by atoms with van der Waals surface area (Å²) in [6.45, 7) is 11.1. The molecule has 0 aromatic carbocycles. The lowest BCUT2D eigenvalue weighted by molar-refractivity contribution is 0.274. The minimum Gasteiger partial charge on any atom is -0.380 e. The Balaban J connectivity index is 1.74. The normalized spacial score (nSPS) is 20.0. The molecule has 0 bridgehead atoms. The quantitative estimate of drug-likeness (QED) is 0.939. The van der Waals surface area contributed by atoms with Crippen molar-refractivity contribution in [2.24, 2.45) is 0 Å². The molecular weight excluding hydrogens is 262 g/mol. The summed E-state index contributed by atoms with van der Waals surface area (Å²) in [4.78, 5) is 7.10. The zero-order chi connectivity index (χ0) is 15.0. The predicted molar refractivity (Wildman–Crippen MR) is 86.6 cm³/mol. The summed E-state index contributed by atoms with van der Waals surface area (Å²) in [6, 6.07) is 3.64. The third kappa shape index (κ3) is 2.88. The van der Waals surface area contributed by atoms with Crippen LogP contribution in [0.1, 0.15) is 40.2 Å². The summed E-state index contributed by atoms with van der Waals surface area (Å²) >= 11 is 0. The molecule has 5 heteroatoms. The maximum absolute atomic E-state index is 4.58. The Kier molecular flexibility index (Phi) is 3.85. The molecule has 1 N–H and O–H groups in total. The first-order chi connectivity index (χ1) is 10.0. The first kappa shape index (κ1) is 14.3. The van der Waals surface area contributed by atoms with E-state index in [9.17, 15) is 0 Å². The molecule has 1 unspecified atom stereocenters. The highest BCUT2D eigenvalue weighted by Crippen LogP contribution is 2.21. The van der Waals surface area contributed by atoms with E-state index in [4.69, 9.17) is 0 Å². The zero-order valence-electron chi connectivity index (χ0n) is 13.4. The van der Waals surface area contributed by atoms with Crippen LogP contribution in [-0.4, -0.2) is 44.8 Å². The fourth-order valence-electron chi connectivity index (χ4n) is 3.01. The van der Waals surface area contributed by atoms with Gasteiger partial charge in [-0.25, -0.2) is 9.67 Å². The summed E-state index contributed by atoms with van der Waals surface area (Å²) in [5, 5.41) is 9.14. The van der Waals surface area contributed by atoms with Crippen molar-refractivity contribution in [3.8, 4) is 0 Å². The van der Waals surface area contributed by atoms with E-state index in [1.54, 1.807) is 0 Å². The van der Waals surface area contributed by atoms with Crippen molar-refractivity contribution in [1.82, 2.24) is 19.7 Å². The van der Waals surface area contributed by atoms with Crippen LogP contribution in [0.3, 0.4) is 0 Å². The van der Waals surface area contributed by atoms with Gasteiger partial charge in [-0.3, -0.25) is 4.90 Å². The Morgan fingerprint density at radius 2 is 2.00 bits per heavy atom. The lowest BCUT2D eigenvalue weighted by Crippen LogP contribution is -2.31. The van der Waals surface area contributed by atoms with Crippen molar-refractivity contribution >= 4 is 16.7 Å². The van der Waals surface area contributed by atoms with Crippen LogP contribution in [0.25, 0.3) is 11.0 Å². The summed E-state index contributed by atoms with van der Waals surface area (Å²) in [6.07, 6.45) is 5.03. The molecule has 1 aliphatic heterocycles. The molecule has 3 heterocycles. The molecule has 5 nitrogen and oxygen atoms in total. The third-order valence-electron chi connectivity index (χ3n) is 4.24. The largest absolute Gasteiger partial charge is 0.380 e. The second-order valence-electron chi connectivity index (χ2n) is 6.54. The summed E-state index contributed by atoms with van der Waals surface area (Å²) in [5.41, 5.74) is 2.06. The van der Waals surface area contributed by atoms with Crippen LogP contribution >= 0.6 is 0 Å². The zero-order valence-corrected chi connectivity index (χ0v) is 13.4. The van der Waals surface area contributed by atoms with Crippen LogP contribution in [0.15, 0.2) is 18.5 Å². The van der Waals surface area contributed by atoms with E-state index in [0.717, 1.165) is 23.3 Å².